The van der Waals surface area contributed by atoms with Crippen molar-refractivity contribution >= 4 is 21.7 Å². The normalized spacial score (nSPS) is 13.0. The molecule has 0 aliphatic heterocycles. The summed E-state index contributed by atoms with van der Waals surface area (Å²) >= 11 is 0. The van der Waals surface area contributed by atoms with Crippen LogP contribution in [0.3, 0.4) is 0 Å². The van der Waals surface area contributed by atoms with E-state index in [2.05, 4.69) is 5.32 Å². The predicted octanol–water partition coefficient (Wildman–Crippen LogP) is 0.571. The number of carbonyl (C=O) groups is 2. The van der Waals surface area contributed by atoms with Gasteiger partial charge < -0.3 is 10.4 Å². The average molecular weight is 279 g/mol. The summed E-state index contributed by atoms with van der Waals surface area (Å²) < 4.78 is 22.8. The van der Waals surface area contributed by atoms with Gasteiger partial charge in [0.2, 0.25) is 5.91 Å². The van der Waals surface area contributed by atoms with Crippen molar-refractivity contribution in [3.05, 3.63) is 0 Å². The topological polar surface area (TPSA) is 101 Å². The van der Waals surface area contributed by atoms with Gasteiger partial charge in [-0.15, -0.1) is 0 Å². The monoisotopic (exact) mass is 279 g/mol. The van der Waals surface area contributed by atoms with Gasteiger partial charge in [0.1, 0.15) is 11.8 Å². The largest absolute Gasteiger partial charge is 0.480 e. The Morgan fingerprint density at radius 3 is 2.28 bits per heavy atom. The van der Waals surface area contributed by atoms with Crippen LogP contribution in [0, 0.1) is 0 Å². The molecule has 0 aromatic heterocycles. The molecule has 106 valence electrons. The van der Waals surface area contributed by atoms with Crippen molar-refractivity contribution in [2.24, 2.45) is 0 Å². The molecule has 6 nitrogen and oxygen atoms in total. The summed E-state index contributed by atoms with van der Waals surface area (Å²) in [5.74, 6) is -2.58. The van der Waals surface area contributed by atoms with Gasteiger partial charge in [-0.25, -0.2) is 13.2 Å². The molecule has 0 aliphatic rings. The maximum absolute atomic E-state index is 11.5. The van der Waals surface area contributed by atoms with Crippen molar-refractivity contribution in [2.45, 2.75) is 45.6 Å². The van der Waals surface area contributed by atoms with Crippen LogP contribution in [-0.2, 0) is 19.4 Å². The first-order chi connectivity index (χ1) is 8.32. The smallest absolute Gasteiger partial charge is 0.326 e. The lowest BCUT2D eigenvalue weighted by atomic mass is 10.1. The first-order valence-electron chi connectivity index (χ1n) is 6.05. The fourth-order valence-electron chi connectivity index (χ4n) is 1.48. The van der Waals surface area contributed by atoms with Crippen molar-refractivity contribution in [3.63, 3.8) is 0 Å². The third kappa shape index (κ3) is 7.26. The third-order valence-electron chi connectivity index (χ3n) is 2.35. The number of carbonyl (C=O) groups excluding carboxylic acids is 1. The molecule has 0 saturated carbocycles. The van der Waals surface area contributed by atoms with Crippen molar-refractivity contribution in [1.29, 1.82) is 0 Å². The van der Waals surface area contributed by atoms with Gasteiger partial charge in [-0.1, -0.05) is 26.7 Å². The first kappa shape index (κ1) is 16.9. The molecular formula is C11H21NO5S. The minimum Gasteiger partial charge on any atom is -0.480 e. The standard InChI is InChI=1S/C11H21NO5S/c1-3-5-6-9(11(14)15)12-10(13)8-18(16,17)7-4-2/h9H,3-8H2,1-2H3,(H,12,13)(H,14,15). The molecular weight excluding hydrogens is 258 g/mol. The molecule has 0 fully saturated rings. The zero-order valence-electron chi connectivity index (χ0n) is 10.8. The number of carboxylic acid groups (broad SMARTS) is 1. The van der Waals surface area contributed by atoms with Crippen LogP contribution in [0.25, 0.3) is 0 Å². The van der Waals surface area contributed by atoms with Crippen LogP contribution in [0.2, 0.25) is 0 Å². The molecule has 0 saturated heterocycles. The second-order valence-electron chi connectivity index (χ2n) is 4.19. The second-order valence-corrected chi connectivity index (χ2v) is 6.38. The van der Waals surface area contributed by atoms with Crippen molar-refractivity contribution < 1.29 is 23.1 Å². The highest BCUT2D eigenvalue weighted by Gasteiger charge is 2.22. The van der Waals surface area contributed by atoms with Gasteiger partial charge >= 0.3 is 5.97 Å². The number of rotatable bonds is 9. The summed E-state index contributed by atoms with van der Waals surface area (Å²) in [7, 11) is -3.43. The van der Waals surface area contributed by atoms with Crippen LogP contribution in [0.1, 0.15) is 39.5 Å². The Kier molecular flexibility index (Phi) is 7.58. The Hall–Kier alpha value is -1.11. The highest BCUT2D eigenvalue weighted by atomic mass is 32.2. The number of hydrogen-bond acceptors (Lipinski definition) is 4. The van der Waals surface area contributed by atoms with Crippen LogP contribution in [-0.4, -0.2) is 42.9 Å². The zero-order chi connectivity index (χ0) is 14.2. The van der Waals surface area contributed by atoms with E-state index in [4.69, 9.17) is 5.11 Å². The van der Waals surface area contributed by atoms with E-state index in [0.29, 0.717) is 19.3 Å². The Bertz CT molecular complexity index is 377. The summed E-state index contributed by atoms with van der Waals surface area (Å²) in [4.78, 5) is 22.3. The van der Waals surface area contributed by atoms with Gasteiger partial charge in [-0.05, 0) is 12.8 Å². The highest BCUT2D eigenvalue weighted by molar-refractivity contribution is 7.92. The van der Waals surface area contributed by atoms with E-state index in [-0.39, 0.29) is 5.75 Å². The lowest BCUT2D eigenvalue weighted by Gasteiger charge is -2.13. The predicted molar refractivity (Wildman–Crippen MR) is 68.0 cm³/mol. The average Bonchev–Trinajstić information content (AvgIpc) is 2.22. The molecule has 18 heavy (non-hydrogen) atoms. The van der Waals surface area contributed by atoms with E-state index in [1.807, 2.05) is 6.92 Å². The van der Waals surface area contributed by atoms with Crippen molar-refractivity contribution in [2.75, 3.05) is 11.5 Å². The summed E-state index contributed by atoms with van der Waals surface area (Å²) in [5.41, 5.74) is 0. The SMILES string of the molecule is CCCCC(NC(=O)CS(=O)(=O)CCC)C(=O)O. The molecule has 0 aromatic carbocycles. The van der Waals surface area contributed by atoms with Gasteiger partial charge in [0.15, 0.2) is 9.84 Å². The number of sulfone groups is 1. The molecule has 0 bridgehead atoms. The van der Waals surface area contributed by atoms with Crippen molar-refractivity contribution in [1.82, 2.24) is 5.32 Å². The number of aliphatic carboxylic acids is 1. The molecule has 0 rings (SSSR count). The van der Waals surface area contributed by atoms with E-state index in [9.17, 15) is 18.0 Å². The van der Waals surface area contributed by atoms with Crippen LogP contribution >= 0.6 is 0 Å². The Labute approximate surface area is 108 Å². The number of hydrogen-bond donors (Lipinski definition) is 2. The number of nitrogens with one attached hydrogen (secondary N) is 1. The quantitative estimate of drug-likeness (QED) is 0.642. The van der Waals surface area contributed by atoms with Gasteiger partial charge in [-0.3, -0.25) is 4.79 Å². The van der Waals surface area contributed by atoms with Gasteiger partial charge in [0.05, 0.1) is 5.75 Å². The molecule has 0 radical (unpaired) electrons. The van der Waals surface area contributed by atoms with Crippen LogP contribution in [0.15, 0.2) is 0 Å². The van der Waals surface area contributed by atoms with E-state index in [0.717, 1.165) is 6.42 Å². The molecule has 1 amide bonds. The number of carboxylic acids is 1. The van der Waals surface area contributed by atoms with Crippen LogP contribution in [0.5, 0.6) is 0 Å². The number of unbranched alkanes of at least 4 members (excludes halogenated alkanes) is 1. The Morgan fingerprint density at radius 2 is 1.83 bits per heavy atom. The third-order valence-corrected chi connectivity index (χ3v) is 4.08. The summed E-state index contributed by atoms with van der Waals surface area (Å²) in [6, 6.07) is -1.01. The maximum Gasteiger partial charge on any atom is 0.326 e. The minimum absolute atomic E-state index is 0.0624. The number of amides is 1. The summed E-state index contributed by atoms with van der Waals surface area (Å²) in [6.45, 7) is 3.61. The molecule has 0 aliphatic carbocycles. The van der Waals surface area contributed by atoms with Crippen LogP contribution in [0.4, 0.5) is 0 Å². The van der Waals surface area contributed by atoms with E-state index >= 15 is 0 Å². The lowest BCUT2D eigenvalue weighted by molar-refractivity contribution is -0.141. The van der Waals surface area contributed by atoms with E-state index < -0.39 is 33.5 Å². The van der Waals surface area contributed by atoms with E-state index in [1.54, 1.807) is 6.92 Å². The summed E-state index contributed by atoms with van der Waals surface area (Å²) in [6.07, 6.45) is 2.23. The fourth-order valence-corrected chi connectivity index (χ4v) is 2.73. The molecule has 1 unspecified atom stereocenters. The molecule has 1 atom stereocenters. The summed E-state index contributed by atoms with van der Waals surface area (Å²) in [5, 5.41) is 11.1. The molecule has 0 spiro atoms. The fraction of sp³-hybridized carbons (Fsp3) is 0.818. The van der Waals surface area contributed by atoms with Gasteiger partial charge in [-0.2, -0.15) is 0 Å². The first-order valence-corrected chi connectivity index (χ1v) is 7.87. The Morgan fingerprint density at radius 1 is 1.22 bits per heavy atom. The molecule has 0 heterocycles. The highest BCUT2D eigenvalue weighted by Crippen LogP contribution is 2.02. The van der Waals surface area contributed by atoms with Crippen LogP contribution < -0.4 is 5.32 Å². The zero-order valence-corrected chi connectivity index (χ0v) is 11.6. The molecule has 0 aromatic rings. The van der Waals surface area contributed by atoms with E-state index in [1.165, 1.54) is 0 Å². The molecule has 2 N–H and O–H groups in total. The molecule has 7 heteroatoms. The minimum atomic E-state index is -3.43. The second kappa shape index (κ2) is 8.07. The van der Waals surface area contributed by atoms with Crippen molar-refractivity contribution in [3.8, 4) is 0 Å². The maximum atomic E-state index is 11.5. The van der Waals surface area contributed by atoms with Gasteiger partial charge in [0.25, 0.3) is 0 Å². The Balaban J connectivity index is 4.38. The lowest BCUT2D eigenvalue weighted by Crippen LogP contribution is -2.43. The van der Waals surface area contributed by atoms with Gasteiger partial charge in [0, 0.05) is 0 Å².